The Hall–Kier alpha value is -4.90. The number of aromatic nitrogens is 2. The Kier molecular flexibility index (Phi) is 9.21. The number of methoxy groups -OCH3 is 1. The highest BCUT2D eigenvalue weighted by atomic mass is 19.1. The van der Waals surface area contributed by atoms with Crippen molar-refractivity contribution in [2.75, 3.05) is 31.9 Å². The van der Waals surface area contributed by atoms with E-state index in [2.05, 4.69) is 4.98 Å². The van der Waals surface area contributed by atoms with Crippen molar-refractivity contribution in [1.29, 1.82) is 0 Å². The number of benzene rings is 2. The van der Waals surface area contributed by atoms with E-state index in [0.717, 1.165) is 17.7 Å². The van der Waals surface area contributed by atoms with Gasteiger partial charge in [0.1, 0.15) is 24.9 Å². The van der Waals surface area contributed by atoms with Gasteiger partial charge in [-0.05, 0) is 35.7 Å². The summed E-state index contributed by atoms with van der Waals surface area (Å²) < 4.78 is 40.3. The maximum absolute atomic E-state index is 14.3. The van der Waals surface area contributed by atoms with Crippen LogP contribution in [0.4, 0.5) is 8.78 Å². The Morgan fingerprint density at radius 3 is 2.53 bits per heavy atom. The normalized spacial score (nSPS) is 12.8. The zero-order chi connectivity index (χ0) is 30.3. The molecule has 11 heteroatoms. The summed E-state index contributed by atoms with van der Waals surface area (Å²) in [5.41, 5.74) is 0.619. The third-order valence-corrected chi connectivity index (χ3v) is 7.07. The van der Waals surface area contributed by atoms with Crippen molar-refractivity contribution < 1.29 is 27.8 Å². The fraction of sp³-hybridized carbons (Fsp3) is 0.250. The van der Waals surface area contributed by atoms with E-state index in [4.69, 9.17) is 9.47 Å². The summed E-state index contributed by atoms with van der Waals surface area (Å²) in [5.74, 6) is -2.79. The number of rotatable bonds is 12. The largest absolute Gasteiger partial charge is 0.482 e. The Morgan fingerprint density at radius 2 is 1.81 bits per heavy atom. The summed E-state index contributed by atoms with van der Waals surface area (Å²) in [5, 5.41) is 1.78. The van der Waals surface area contributed by atoms with E-state index in [-0.39, 0.29) is 68.4 Å². The summed E-state index contributed by atoms with van der Waals surface area (Å²) in [6.07, 6.45) is 2.72. The number of hydrogen-bond acceptors (Lipinski definition) is 7. The molecular weight excluding hydrogens is 558 g/mol. The highest BCUT2D eigenvalue weighted by Gasteiger charge is 2.35. The van der Waals surface area contributed by atoms with Gasteiger partial charge in [-0.25, -0.2) is 8.78 Å². The summed E-state index contributed by atoms with van der Waals surface area (Å²) in [6.45, 7) is 0.878. The number of hydrogen-bond donors (Lipinski definition) is 0. The molecule has 0 bridgehead atoms. The summed E-state index contributed by atoms with van der Waals surface area (Å²) >= 11 is 0. The lowest BCUT2D eigenvalue weighted by atomic mass is 10.0. The molecule has 0 radical (unpaired) electrons. The first-order valence-corrected chi connectivity index (χ1v) is 13.7. The number of halogens is 2. The van der Waals surface area contributed by atoms with Crippen LogP contribution in [0.25, 0.3) is 0 Å². The molecule has 2 aromatic heterocycles. The molecule has 43 heavy (non-hydrogen) atoms. The van der Waals surface area contributed by atoms with Crippen LogP contribution in [0.5, 0.6) is 5.75 Å². The van der Waals surface area contributed by atoms with Gasteiger partial charge in [-0.1, -0.05) is 42.5 Å². The number of carbonyl (C=O) groups excluding carboxylic acids is 2. The van der Waals surface area contributed by atoms with Gasteiger partial charge in [0.2, 0.25) is 5.43 Å². The average molecular weight is 589 g/mol. The van der Waals surface area contributed by atoms with E-state index < -0.39 is 28.8 Å². The predicted octanol–water partition coefficient (Wildman–Crippen LogP) is 4.11. The molecule has 0 unspecified atom stereocenters. The van der Waals surface area contributed by atoms with Crippen LogP contribution in [0.1, 0.15) is 44.1 Å². The van der Waals surface area contributed by atoms with Crippen molar-refractivity contribution in [2.45, 2.75) is 26.0 Å². The Bertz CT molecular complexity index is 1660. The summed E-state index contributed by atoms with van der Waals surface area (Å²) in [4.78, 5) is 47.0. The lowest BCUT2D eigenvalue weighted by Crippen LogP contribution is -2.55. The molecule has 0 saturated heterocycles. The fourth-order valence-electron chi connectivity index (χ4n) is 4.82. The lowest BCUT2D eigenvalue weighted by molar-refractivity contribution is 0.0616. The number of ketones is 1. The second-order valence-corrected chi connectivity index (χ2v) is 10.0. The number of pyridine rings is 2. The zero-order valence-electron chi connectivity index (χ0n) is 23.5. The highest BCUT2D eigenvalue weighted by molar-refractivity contribution is 6.00. The molecule has 1 aliphatic heterocycles. The first-order valence-electron chi connectivity index (χ1n) is 13.7. The van der Waals surface area contributed by atoms with Gasteiger partial charge >= 0.3 is 0 Å². The smallest absolute Gasteiger partial charge is 0.277 e. The van der Waals surface area contributed by atoms with Gasteiger partial charge in [-0.15, -0.1) is 0 Å². The Balaban J connectivity index is 1.57. The van der Waals surface area contributed by atoms with Crippen molar-refractivity contribution >= 4 is 11.7 Å². The molecule has 4 aromatic rings. The molecule has 1 aliphatic rings. The number of Topliss-reactive ketones (excluding diaryl/α,β-unsaturated/α-hetero) is 1. The van der Waals surface area contributed by atoms with Crippen LogP contribution in [0, 0.1) is 11.6 Å². The lowest BCUT2D eigenvalue weighted by Gasteiger charge is -2.40. The molecule has 2 aromatic carbocycles. The molecule has 1 amide bonds. The maximum atomic E-state index is 14.3. The Labute approximate surface area is 246 Å². The molecule has 0 fully saturated rings. The average Bonchev–Trinajstić information content (AvgIpc) is 3.01. The minimum atomic E-state index is -0.773. The number of aryl methyl sites for hydroxylation is 1. The molecule has 9 nitrogen and oxygen atoms in total. The van der Waals surface area contributed by atoms with Gasteiger partial charge in [0.05, 0.1) is 24.4 Å². The molecular formula is C32H30F2N4O5. The number of amides is 1. The quantitative estimate of drug-likeness (QED) is 0.230. The van der Waals surface area contributed by atoms with Crippen LogP contribution in [0.15, 0.2) is 83.9 Å². The molecule has 222 valence electrons. The van der Waals surface area contributed by atoms with Gasteiger partial charge in [0.25, 0.3) is 5.91 Å². The van der Waals surface area contributed by atoms with Crippen LogP contribution in [-0.4, -0.2) is 53.2 Å². The fourth-order valence-corrected chi connectivity index (χ4v) is 4.82. The van der Waals surface area contributed by atoms with Crippen molar-refractivity contribution in [2.24, 2.45) is 0 Å². The van der Waals surface area contributed by atoms with E-state index >= 15 is 0 Å². The molecule has 3 heterocycles. The summed E-state index contributed by atoms with van der Waals surface area (Å²) in [7, 11) is 1.53. The first-order chi connectivity index (χ1) is 20.9. The minimum absolute atomic E-state index is 0.0207. The number of nitrogens with zero attached hydrogens (tertiary/aromatic N) is 4. The van der Waals surface area contributed by atoms with Crippen LogP contribution in [0.3, 0.4) is 0 Å². The molecule has 0 aliphatic carbocycles. The SMILES string of the molecule is COCCN1CN(Cc2ccccn2)n2cc(C(=O)CCc3ccc(F)cc3F)c(=O)c(OCc3ccccc3)c2C1=O. The van der Waals surface area contributed by atoms with Gasteiger partial charge in [0, 0.05) is 38.5 Å². The first kappa shape index (κ1) is 29.6. The Morgan fingerprint density at radius 1 is 1.02 bits per heavy atom. The predicted molar refractivity (Wildman–Crippen MR) is 154 cm³/mol. The molecule has 0 saturated carbocycles. The molecule has 5 rings (SSSR count). The standard InChI is InChI=1S/C32H30F2N4O5/c1-42-16-15-36-21-37(18-25-9-5-6-14-35-25)38-19-26(28(39)13-11-23-10-12-24(33)17-27(23)34)30(40)31(29(38)32(36)41)43-20-22-7-3-2-4-8-22/h2-10,12,14,17,19H,11,13,15-16,18,20-21H2,1H3. The third-order valence-electron chi connectivity index (χ3n) is 7.07. The third kappa shape index (κ3) is 6.78. The van der Waals surface area contributed by atoms with Gasteiger partial charge < -0.3 is 14.4 Å². The monoisotopic (exact) mass is 588 g/mol. The number of carbonyl (C=O) groups is 2. The number of fused-ring (bicyclic) bond motifs is 1. The van der Waals surface area contributed by atoms with E-state index in [1.165, 1.54) is 28.9 Å². The second kappa shape index (κ2) is 13.4. The van der Waals surface area contributed by atoms with E-state index in [0.29, 0.717) is 5.69 Å². The van der Waals surface area contributed by atoms with Gasteiger partial charge in [-0.2, -0.15) is 0 Å². The van der Waals surface area contributed by atoms with E-state index in [9.17, 15) is 23.2 Å². The second-order valence-electron chi connectivity index (χ2n) is 10.0. The van der Waals surface area contributed by atoms with Crippen molar-refractivity contribution in [3.05, 3.63) is 129 Å². The number of ether oxygens (including phenoxy) is 2. The van der Waals surface area contributed by atoms with Crippen LogP contribution in [0.2, 0.25) is 0 Å². The topological polar surface area (TPSA) is 94.0 Å². The van der Waals surface area contributed by atoms with Crippen LogP contribution in [-0.2, 0) is 24.3 Å². The zero-order valence-corrected chi connectivity index (χ0v) is 23.5. The molecule has 0 spiro atoms. The van der Waals surface area contributed by atoms with Gasteiger partial charge in [0.15, 0.2) is 17.2 Å². The van der Waals surface area contributed by atoms with Crippen molar-refractivity contribution in [1.82, 2.24) is 14.6 Å². The van der Waals surface area contributed by atoms with Crippen molar-refractivity contribution in [3.8, 4) is 5.75 Å². The molecule has 0 atom stereocenters. The summed E-state index contributed by atoms with van der Waals surface area (Å²) in [6, 6.07) is 17.7. The van der Waals surface area contributed by atoms with E-state index in [1.807, 2.05) is 42.5 Å². The maximum Gasteiger partial charge on any atom is 0.277 e. The van der Waals surface area contributed by atoms with Crippen LogP contribution >= 0.6 is 0 Å². The highest BCUT2D eigenvalue weighted by Crippen LogP contribution is 2.25. The van der Waals surface area contributed by atoms with Gasteiger partial charge in [-0.3, -0.25) is 29.1 Å². The van der Waals surface area contributed by atoms with E-state index in [1.54, 1.807) is 17.3 Å². The van der Waals surface area contributed by atoms with Crippen molar-refractivity contribution in [3.63, 3.8) is 0 Å². The molecule has 0 N–H and O–H groups in total. The minimum Gasteiger partial charge on any atom is -0.482 e. The van der Waals surface area contributed by atoms with Crippen LogP contribution < -0.4 is 15.2 Å².